The van der Waals surface area contributed by atoms with Gasteiger partial charge in [-0.3, -0.25) is 9.59 Å². The molecule has 1 aliphatic rings. The first-order valence-corrected chi connectivity index (χ1v) is 8.72. The Balaban J connectivity index is 2.60. The van der Waals surface area contributed by atoms with E-state index < -0.39 is 0 Å². The molecule has 0 aromatic heterocycles. The van der Waals surface area contributed by atoms with E-state index >= 15 is 0 Å². The molecule has 128 valence electrons. The molecule has 0 saturated heterocycles. The Morgan fingerprint density at radius 2 is 1.45 bits per heavy atom. The summed E-state index contributed by atoms with van der Waals surface area (Å²) in [5.41, 5.74) is 0. The summed E-state index contributed by atoms with van der Waals surface area (Å²) in [6.45, 7) is 8.87. The predicted molar refractivity (Wildman–Crippen MR) is 86.3 cm³/mol. The van der Waals surface area contributed by atoms with Gasteiger partial charge >= 0.3 is 11.9 Å². The van der Waals surface area contributed by atoms with Crippen molar-refractivity contribution in [2.45, 2.75) is 66.2 Å². The third kappa shape index (κ3) is 7.28. The van der Waals surface area contributed by atoms with Crippen molar-refractivity contribution >= 4 is 11.9 Å². The smallest absolute Gasteiger partial charge is 0.309 e. The van der Waals surface area contributed by atoms with Crippen LogP contribution in [0.3, 0.4) is 0 Å². The first-order chi connectivity index (χ1) is 10.4. The van der Waals surface area contributed by atoms with Crippen LogP contribution >= 0.6 is 0 Å². The number of rotatable bonds is 8. The average molecular weight is 312 g/mol. The van der Waals surface area contributed by atoms with Gasteiger partial charge in [0.15, 0.2) is 0 Å². The molecule has 0 bridgehead atoms. The SMILES string of the molecule is CC(C)COC(=O)CC(C(=O)OCC(C)C)C1CCCCC1. The fourth-order valence-electron chi connectivity index (χ4n) is 2.83. The summed E-state index contributed by atoms with van der Waals surface area (Å²) in [5.74, 6) is 0.0559. The maximum atomic E-state index is 12.4. The molecule has 0 spiro atoms. The van der Waals surface area contributed by atoms with Crippen LogP contribution in [-0.4, -0.2) is 25.2 Å². The molecule has 1 fully saturated rings. The molecule has 1 aliphatic carbocycles. The van der Waals surface area contributed by atoms with Gasteiger partial charge in [0.25, 0.3) is 0 Å². The second-order valence-corrected chi connectivity index (χ2v) is 7.31. The molecule has 1 atom stereocenters. The van der Waals surface area contributed by atoms with E-state index in [0.29, 0.717) is 25.0 Å². The van der Waals surface area contributed by atoms with E-state index in [0.717, 1.165) is 25.7 Å². The highest BCUT2D eigenvalue weighted by Gasteiger charge is 2.33. The lowest BCUT2D eigenvalue weighted by Crippen LogP contribution is -2.31. The van der Waals surface area contributed by atoms with E-state index in [1.165, 1.54) is 6.42 Å². The maximum absolute atomic E-state index is 12.4. The minimum atomic E-state index is -0.335. The van der Waals surface area contributed by atoms with Crippen LogP contribution in [0, 0.1) is 23.7 Å². The first kappa shape index (κ1) is 19.0. The first-order valence-electron chi connectivity index (χ1n) is 8.72. The van der Waals surface area contributed by atoms with Gasteiger partial charge < -0.3 is 9.47 Å². The molecule has 0 radical (unpaired) electrons. The van der Waals surface area contributed by atoms with E-state index in [1.807, 2.05) is 27.7 Å². The van der Waals surface area contributed by atoms with Crippen molar-refractivity contribution in [1.29, 1.82) is 0 Å². The molecule has 1 rings (SSSR count). The van der Waals surface area contributed by atoms with Gasteiger partial charge in [-0.25, -0.2) is 0 Å². The van der Waals surface area contributed by atoms with Crippen molar-refractivity contribution in [3.8, 4) is 0 Å². The van der Waals surface area contributed by atoms with E-state index in [-0.39, 0.29) is 30.2 Å². The molecule has 0 amide bonds. The fraction of sp³-hybridized carbons (Fsp3) is 0.889. The summed E-state index contributed by atoms with van der Waals surface area (Å²) in [4.78, 5) is 24.4. The van der Waals surface area contributed by atoms with Gasteiger partial charge in [0, 0.05) is 0 Å². The maximum Gasteiger partial charge on any atom is 0.309 e. The lowest BCUT2D eigenvalue weighted by molar-refractivity contribution is -0.159. The van der Waals surface area contributed by atoms with Gasteiger partial charge in [0.05, 0.1) is 25.6 Å². The standard InChI is InChI=1S/C18H32O4/c1-13(2)11-21-17(19)10-16(15-8-6-5-7-9-15)18(20)22-12-14(3)4/h13-16H,5-12H2,1-4H3. The summed E-state index contributed by atoms with van der Waals surface area (Å²) in [7, 11) is 0. The summed E-state index contributed by atoms with van der Waals surface area (Å²) in [6.07, 6.45) is 5.69. The van der Waals surface area contributed by atoms with Crippen LogP contribution < -0.4 is 0 Å². The highest BCUT2D eigenvalue weighted by atomic mass is 16.5. The van der Waals surface area contributed by atoms with Crippen LogP contribution in [0.5, 0.6) is 0 Å². The Kier molecular flexibility index (Phi) is 8.51. The Morgan fingerprint density at radius 3 is 2.00 bits per heavy atom. The van der Waals surface area contributed by atoms with Crippen molar-refractivity contribution in [3.05, 3.63) is 0 Å². The van der Waals surface area contributed by atoms with E-state index in [1.54, 1.807) is 0 Å². The minimum absolute atomic E-state index is 0.161. The van der Waals surface area contributed by atoms with Crippen LogP contribution in [0.4, 0.5) is 0 Å². The molecule has 1 saturated carbocycles. The second-order valence-electron chi connectivity index (χ2n) is 7.31. The molecule has 4 heteroatoms. The molecule has 22 heavy (non-hydrogen) atoms. The molecule has 0 aromatic carbocycles. The van der Waals surface area contributed by atoms with Gasteiger partial charge in [0.1, 0.15) is 0 Å². The normalized spacial score (nSPS) is 17.5. The zero-order chi connectivity index (χ0) is 16.5. The molecular weight excluding hydrogens is 280 g/mol. The highest BCUT2D eigenvalue weighted by Crippen LogP contribution is 2.33. The number of carbonyl (C=O) groups excluding carboxylic acids is 2. The van der Waals surface area contributed by atoms with E-state index in [2.05, 4.69) is 0 Å². The summed E-state index contributed by atoms with van der Waals surface area (Å²) in [5, 5.41) is 0. The monoisotopic (exact) mass is 312 g/mol. The summed E-state index contributed by atoms with van der Waals surface area (Å²) in [6, 6.07) is 0. The minimum Gasteiger partial charge on any atom is -0.465 e. The molecular formula is C18H32O4. The Hall–Kier alpha value is -1.06. The molecule has 0 N–H and O–H groups in total. The molecule has 0 heterocycles. The molecule has 1 unspecified atom stereocenters. The Labute approximate surface area is 134 Å². The van der Waals surface area contributed by atoms with Crippen LogP contribution in [0.1, 0.15) is 66.2 Å². The van der Waals surface area contributed by atoms with Gasteiger partial charge in [-0.2, -0.15) is 0 Å². The zero-order valence-electron chi connectivity index (χ0n) is 14.6. The molecule has 4 nitrogen and oxygen atoms in total. The van der Waals surface area contributed by atoms with E-state index in [4.69, 9.17) is 9.47 Å². The van der Waals surface area contributed by atoms with Crippen molar-refractivity contribution < 1.29 is 19.1 Å². The van der Waals surface area contributed by atoms with Crippen LogP contribution in [0.25, 0.3) is 0 Å². The number of esters is 2. The zero-order valence-corrected chi connectivity index (χ0v) is 14.6. The number of ether oxygens (including phenoxy) is 2. The van der Waals surface area contributed by atoms with Crippen molar-refractivity contribution in [2.75, 3.05) is 13.2 Å². The number of hydrogen-bond acceptors (Lipinski definition) is 4. The van der Waals surface area contributed by atoms with E-state index in [9.17, 15) is 9.59 Å². The lowest BCUT2D eigenvalue weighted by Gasteiger charge is -2.28. The lowest BCUT2D eigenvalue weighted by atomic mass is 9.78. The third-order valence-corrected chi connectivity index (χ3v) is 4.04. The largest absolute Gasteiger partial charge is 0.465 e. The predicted octanol–water partition coefficient (Wildman–Crippen LogP) is 3.97. The van der Waals surface area contributed by atoms with Crippen molar-refractivity contribution in [1.82, 2.24) is 0 Å². The van der Waals surface area contributed by atoms with Gasteiger partial charge in [-0.1, -0.05) is 47.0 Å². The highest BCUT2D eigenvalue weighted by molar-refractivity contribution is 5.80. The topological polar surface area (TPSA) is 52.6 Å². The quantitative estimate of drug-likeness (QED) is 0.636. The number of hydrogen-bond donors (Lipinski definition) is 0. The number of carbonyl (C=O) groups is 2. The Bertz CT molecular complexity index is 343. The van der Waals surface area contributed by atoms with Gasteiger partial charge in [0.2, 0.25) is 0 Å². The van der Waals surface area contributed by atoms with Crippen molar-refractivity contribution in [3.63, 3.8) is 0 Å². The van der Waals surface area contributed by atoms with Crippen LogP contribution in [0.2, 0.25) is 0 Å². The summed E-state index contributed by atoms with van der Waals surface area (Å²) < 4.78 is 10.7. The second kappa shape index (κ2) is 9.86. The van der Waals surface area contributed by atoms with Crippen LogP contribution in [-0.2, 0) is 19.1 Å². The van der Waals surface area contributed by atoms with Crippen molar-refractivity contribution in [2.24, 2.45) is 23.7 Å². The fourth-order valence-corrected chi connectivity index (χ4v) is 2.83. The summed E-state index contributed by atoms with van der Waals surface area (Å²) >= 11 is 0. The molecule has 0 aliphatic heterocycles. The van der Waals surface area contributed by atoms with Gasteiger partial charge in [-0.15, -0.1) is 0 Å². The third-order valence-electron chi connectivity index (χ3n) is 4.04. The molecule has 0 aromatic rings. The average Bonchev–Trinajstić information content (AvgIpc) is 2.49. The Morgan fingerprint density at radius 1 is 0.909 bits per heavy atom. The van der Waals surface area contributed by atoms with Crippen LogP contribution in [0.15, 0.2) is 0 Å². The van der Waals surface area contributed by atoms with Gasteiger partial charge in [-0.05, 0) is 30.6 Å².